The molecule has 1 aromatic rings. The van der Waals surface area contributed by atoms with Crippen molar-refractivity contribution < 1.29 is 9.47 Å². The van der Waals surface area contributed by atoms with E-state index in [2.05, 4.69) is 4.98 Å². The SMILES string of the molecule is CCOc1cncc(C(N)C(OCC)C2CCCCC2)c1. The third kappa shape index (κ3) is 4.42. The van der Waals surface area contributed by atoms with Crippen LogP contribution in [0.2, 0.25) is 0 Å². The van der Waals surface area contributed by atoms with Gasteiger partial charge in [-0.25, -0.2) is 0 Å². The van der Waals surface area contributed by atoms with E-state index in [4.69, 9.17) is 15.2 Å². The molecule has 4 nitrogen and oxygen atoms in total. The average Bonchev–Trinajstić information content (AvgIpc) is 2.53. The lowest BCUT2D eigenvalue weighted by atomic mass is 9.81. The molecule has 0 radical (unpaired) electrons. The second kappa shape index (κ2) is 8.35. The summed E-state index contributed by atoms with van der Waals surface area (Å²) in [4.78, 5) is 4.25. The van der Waals surface area contributed by atoms with Crippen molar-refractivity contribution >= 4 is 0 Å². The van der Waals surface area contributed by atoms with Gasteiger partial charge < -0.3 is 15.2 Å². The van der Waals surface area contributed by atoms with E-state index >= 15 is 0 Å². The van der Waals surface area contributed by atoms with Crippen molar-refractivity contribution in [2.45, 2.75) is 58.1 Å². The van der Waals surface area contributed by atoms with Gasteiger partial charge in [-0.1, -0.05) is 19.3 Å². The first-order valence-electron chi connectivity index (χ1n) is 8.21. The van der Waals surface area contributed by atoms with E-state index < -0.39 is 0 Å². The van der Waals surface area contributed by atoms with Crippen molar-refractivity contribution in [3.8, 4) is 5.75 Å². The van der Waals surface area contributed by atoms with Crippen LogP contribution in [0, 0.1) is 5.92 Å². The van der Waals surface area contributed by atoms with E-state index in [1.54, 1.807) is 6.20 Å². The molecule has 1 saturated carbocycles. The van der Waals surface area contributed by atoms with E-state index in [1.165, 1.54) is 32.1 Å². The molecule has 1 heterocycles. The Bertz CT molecular complexity index is 419. The van der Waals surface area contributed by atoms with Gasteiger partial charge in [-0.05, 0) is 44.2 Å². The highest BCUT2D eigenvalue weighted by atomic mass is 16.5. The Morgan fingerprint density at radius 2 is 1.95 bits per heavy atom. The zero-order valence-corrected chi connectivity index (χ0v) is 13.3. The van der Waals surface area contributed by atoms with Crippen molar-refractivity contribution in [2.75, 3.05) is 13.2 Å². The van der Waals surface area contributed by atoms with E-state index in [1.807, 2.05) is 26.1 Å². The van der Waals surface area contributed by atoms with Crippen LogP contribution in [0.5, 0.6) is 5.75 Å². The van der Waals surface area contributed by atoms with Gasteiger partial charge in [-0.15, -0.1) is 0 Å². The van der Waals surface area contributed by atoms with Crippen LogP contribution in [-0.2, 0) is 4.74 Å². The molecule has 118 valence electrons. The maximum absolute atomic E-state index is 6.50. The summed E-state index contributed by atoms with van der Waals surface area (Å²) in [6.07, 6.45) is 10.0. The first-order valence-corrected chi connectivity index (χ1v) is 8.21. The molecule has 21 heavy (non-hydrogen) atoms. The van der Waals surface area contributed by atoms with E-state index in [9.17, 15) is 0 Å². The molecule has 4 heteroatoms. The van der Waals surface area contributed by atoms with Crippen molar-refractivity contribution in [1.29, 1.82) is 0 Å². The summed E-state index contributed by atoms with van der Waals surface area (Å²) in [5.74, 6) is 1.34. The molecule has 2 N–H and O–H groups in total. The zero-order valence-electron chi connectivity index (χ0n) is 13.3. The number of rotatable bonds is 7. The molecule has 1 fully saturated rings. The maximum atomic E-state index is 6.50. The van der Waals surface area contributed by atoms with Gasteiger partial charge in [0.15, 0.2) is 0 Å². The number of hydrogen-bond acceptors (Lipinski definition) is 4. The fourth-order valence-electron chi connectivity index (χ4n) is 3.24. The van der Waals surface area contributed by atoms with Gasteiger partial charge >= 0.3 is 0 Å². The van der Waals surface area contributed by atoms with Crippen LogP contribution < -0.4 is 10.5 Å². The van der Waals surface area contributed by atoms with E-state index in [0.717, 1.165) is 11.3 Å². The van der Waals surface area contributed by atoms with Gasteiger partial charge in [-0.3, -0.25) is 4.98 Å². The van der Waals surface area contributed by atoms with Crippen LogP contribution in [0.1, 0.15) is 57.6 Å². The van der Waals surface area contributed by atoms with Crippen LogP contribution in [0.4, 0.5) is 0 Å². The largest absolute Gasteiger partial charge is 0.492 e. The van der Waals surface area contributed by atoms with Gasteiger partial charge in [0.25, 0.3) is 0 Å². The number of nitrogens with zero attached hydrogens (tertiary/aromatic N) is 1. The second-order valence-electron chi connectivity index (χ2n) is 5.73. The summed E-state index contributed by atoms with van der Waals surface area (Å²) in [6, 6.07) is 1.86. The molecule has 1 aliphatic carbocycles. The van der Waals surface area contributed by atoms with Gasteiger partial charge in [0.05, 0.1) is 24.9 Å². The Labute approximate surface area is 128 Å². The van der Waals surface area contributed by atoms with Crippen LogP contribution in [0.15, 0.2) is 18.5 Å². The molecule has 2 rings (SSSR count). The smallest absolute Gasteiger partial charge is 0.137 e. The molecule has 0 amide bonds. The van der Waals surface area contributed by atoms with E-state index in [0.29, 0.717) is 19.1 Å². The lowest BCUT2D eigenvalue weighted by molar-refractivity contribution is -0.00995. The lowest BCUT2D eigenvalue weighted by Crippen LogP contribution is -2.36. The Kier molecular flexibility index (Phi) is 6.46. The highest BCUT2D eigenvalue weighted by molar-refractivity contribution is 5.26. The molecular formula is C17H28N2O2. The minimum Gasteiger partial charge on any atom is -0.492 e. The first-order chi connectivity index (χ1) is 10.3. The molecule has 0 bridgehead atoms. The number of nitrogens with two attached hydrogens (primary N) is 1. The predicted octanol–water partition coefficient (Wildman–Crippen LogP) is 3.47. The first kappa shape index (κ1) is 16.2. The number of hydrogen-bond donors (Lipinski definition) is 1. The van der Waals surface area contributed by atoms with Gasteiger partial charge in [0.2, 0.25) is 0 Å². The fourth-order valence-corrected chi connectivity index (χ4v) is 3.24. The molecule has 2 unspecified atom stereocenters. The second-order valence-corrected chi connectivity index (χ2v) is 5.73. The summed E-state index contributed by atoms with van der Waals surface area (Å²) < 4.78 is 11.5. The highest BCUT2D eigenvalue weighted by Crippen LogP contribution is 2.33. The normalized spacial score (nSPS) is 19.2. The summed E-state index contributed by atoms with van der Waals surface area (Å²) in [5, 5.41) is 0. The highest BCUT2D eigenvalue weighted by Gasteiger charge is 2.30. The molecule has 0 spiro atoms. The van der Waals surface area contributed by atoms with Crippen molar-refractivity contribution in [3.63, 3.8) is 0 Å². The predicted molar refractivity (Wildman–Crippen MR) is 84.3 cm³/mol. The Hall–Kier alpha value is -1.13. The quantitative estimate of drug-likeness (QED) is 0.836. The number of ether oxygens (including phenoxy) is 2. The Morgan fingerprint density at radius 1 is 1.19 bits per heavy atom. The zero-order chi connectivity index (χ0) is 15.1. The fraction of sp³-hybridized carbons (Fsp3) is 0.706. The van der Waals surface area contributed by atoms with E-state index in [-0.39, 0.29) is 12.1 Å². The summed E-state index contributed by atoms with van der Waals surface area (Å²) in [7, 11) is 0. The topological polar surface area (TPSA) is 57.4 Å². The van der Waals surface area contributed by atoms with Crippen molar-refractivity contribution in [3.05, 3.63) is 24.0 Å². The molecule has 2 atom stereocenters. The molecule has 1 aromatic heterocycles. The third-order valence-corrected chi connectivity index (χ3v) is 4.26. The number of aromatic nitrogens is 1. The minimum atomic E-state index is -0.138. The Morgan fingerprint density at radius 3 is 2.62 bits per heavy atom. The Balaban J connectivity index is 2.12. The van der Waals surface area contributed by atoms with Crippen molar-refractivity contribution in [2.24, 2.45) is 11.7 Å². The van der Waals surface area contributed by atoms with Crippen molar-refractivity contribution in [1.82, 2.24) is 4.98 Å². The molecular weight excluding hydrogens is 264 g/mol. The van der Waals surface area contributed by atoms with Gasteiger partial charge in [0.1, 0.15) is 5.75 Å². The number of pyridine rings is 1. The van der Waals surface area contributed by atoms with Crippen LogP contribution in [0.3, 0.4) is 0 Å². The van der Waals surface area contributed by atoms with Crippen LogP contribution in [0.25, 0.3) is 0 Å². The molecule has 0 aliphatic heterocycles. The summed E-state index contributed by atoms with van der Waals surface area (Å²) >= 11 is 0. The summed E-state index contributed by atoms with van der Waals surface area (Å²) in [5.41, 5.74) is 7.51. The van der Waals surface area contributed by atoms with Crippen LogP contribution in [-0.4, -0.2) is 24.3 Å². The monoisotopic (exact) mass is 292 g/mol. The van der Waals surface area contributed by atoms with Gasteiger partial charge in [-0.2, -0.15) is 0 Å². The van der Waals surface area contributed by atoms with Gasteiger partial charge in [0, 0.05) is 12.8 Å². The minimum absolute atomic E-state index is 0.0778. The average molecular weight is 292 g/mol. The third-order valence-electron chi connectivity index (χ3n) is 4.26. The maximum Gasteiger partial charge on any atom is 0.137 e. The molecule has 1 aliphatic rings. The lowest BCUT2D eigenvalue weighted by Gasteiger charge is -2.34. The standard InChI is InChI=1S/C17H28N2O2/c1-3-20-15-10-14(11-19-12-15)16(18)17(21-4-2)13-8-6-5-7-9-13/h10-13,16-17H,3-9,18H2,1-2H3. The molecule has 0 aromatic carbocycles. The summed E-state index contributed by atoms with van der Waals surface area (Å²) in [6.45, 7) is 5.35. The van der Waals surface area contributed by atoms with Crippen LogP contribution >= 0.6 is 0 Å². The molecule has 0 saturated heterocycles.